The molecule has 1 rings (SSSR count). The van der Waals surface area contributed by atoms with Gasteiger partial charge in [0.15, 0.2) is 0 Å². The first-order chi connectivity index (χ1) is 4.25. The average molecular weight is 117 g/mol. The molecule has 1 fully saturated rings. The lowest BCUT2D eigenvalue weighted by molar-refractivity contribution is 0.765. The minimum absolute atomic E-state index is 0.685. The molecule has 0 aliphatic carbocycles. The SMILES string of the molecule is [B][B]B1C(C)CC[C@H]1C. The summed E-state index contributed by atoms with van der Waals surface area (Å²) in [6.07, 6.45) is 2.72. The van der Waals surface area contributed by atoms with Gasteiger partial charge in [-0.25, -0.2) is 0 Å². The van der Waals surface area contributed by atoms with Crippen LogP contribution in [0.2, 0.25) is 11.6 Å². The van der Waals surface area contributed by atoms with E-state index in [2.05, 4.69) is 13.8 Å². The first-order valence-electron chi connectivity index (χ1n) is 3.80. The van der Waals surface area contributed by atoms with Crippen molar-refractivity contribution in [3.05, 3.63) is 0 Å². The highest BCUT2D eigenvalue weighted by Gasteiger charge is 2.30. The smallest absolute Gasteiger partial charge is 0.0730 e. The van der Waals surface area contributed by atoms with E-state index in [1.807, 2.05) is 7.06 Å². The van der Waals surface area contributed by atoms with Crippen molar-refractivity contribution in [1.29, 1.82) is 0 Å². The van der Waals surface area contributed by atoms with E-state index >= 15 is 0 Å². The largest absolute Gasteiger partial charge is 0.0973 e. The van der Waals surface area contributed by atoms with Gasteiger partial charge in [-0.2, -0.15) is 0 Å². The third-order valence-electron chi connectivity index (χ3n) is 2.61. The molecular weight excluding hydrogens is 105 g/mol. The molecule has 0 aromatic rings. The summed E-state index contributed by atoms with van der Waals surface area (Å²) in [5.41, 5.74) is 0. The van der Waals surface area contributed by atoms with Crippen molar-refractivity contribution in [2.75, 3.05) is 0 Å². The predicted molar refractivity (Wildman–Crippen MR) is 45.3 cm³/mol. The van der Waals surface area contributed by atoms with Crippen molar-refractivity contribution in [2.45, 2.75) is 38.3 Å². The molecule has 0 N–H and O–H groups in total. The second kappa shape index (κ2) is 2.85. The maximum atomic E-state index is 5.49. The maximum absolute atomic E-state index is 5.49. The molecular formula is C6H12B3. The predicted octanol–water partition coefficient (Wildman–Crippen LogP) is 1.34. The highest BCUT2D eigenvalue weighted by molar-refractivity contribution is 7.32. The van der Waals surface area contributed by atoms with Crippen molar-refractivity contribution >= 4 is 21.4 Å². The van der Waals surface area contributed by atoms with E-state index in [0.717, 1.165) is 11.6 Å². The molecule has 0 saturated carbocycles. The van der Waals surface area contributed by atoms with Gasteiger partial charge < -0.3 is 0 Å². The van der Waals surface area contributed by atoms with Crippen molar-refractivity contribution in [2.24, 2.45) is 0 Å². The first-order valence-corrected chi connectivity index (χ1v) is 3.80. The Labute approximate surface area is 60.5 Å². The molecule has 0 nitrogen and oxygen atoms in total. The molecule has 3 heteroatoms. The summed E-state index contributed by atoms with van der Waals surface area (Å²) < 4.78 is 0. The van der Waals surface area contributed by atoms with E-state index < -0.39 is 0 Å². The highest BCUT2D eigenvalue weighted by Crippen LogP contribution is 2.36. The van der Waals surface area contributed by atoms with E-state index in [9.17, 15) is 0 Å². The quantitative estimate of drug-likeness (QED) is 0.454. The lowest BCUT2D eigenvalue weighted by atomic mass is 9.08. The summed E-state index contributed by atoms with van der Waals surface area (Å²) in [7, 11) is 7.37. The van der Waals surface area contributed by atoms with Gasteiger partial charge in [-0.3, -0.25) is 0 Å². The number of rotatable bonds is 1. The molecule has 0 aromatic carbocycles. The Kier molecular flexibility index (Phi) is 2.31. The van der Waals surface area contributed by atoms with E-state index in [1.54, 1.807) is 0 Å². The Hall–Kier alpha value is 0.195. The van der Waals surface area contributed by atoms with Crippen molar-refractivity contribution < 1.29 is 0 Å². The Balaban J connectivity index is 2.44. The summed E-state index contributed by atoms with van der Waals surface area (Å²) in [5, 5.41) is 0. The van der Waals surface area contributed by atoms with Gasteiger partial charge in [0.05, 0.1) is 6.60 Å². The molecule has 9 heavy (non-hydrogen) atoms. The van der Waals surface area contributed by atoms with E-state index in [1.165, 1.54) is 12.8 Å². The molecule has 1 unspecified atom stereocenters. The van der Waals surface area contributed by atoms with Crippen LogP contribution < -0.4 is 0 Å². The van der Waals surface area contributed by atoms with E-state index in [-0.39, 0.29) is 0 Å². The Morgan fingerprint density at radius 3 is 2.00 bits per heavy atom. The standard InChI is InChI=1S/C6H12B3/c1-5-3-4-6(2)9(5)8-7/h5-6H,3-4H2,1-2H3/t5-,6?/m1/s1. The zero-order chi connectivity index (χ0) is 6.85. The molecule has 1 heterocycles. The maximum Gasteiger partial charge on any atom is 0.0973 e. The van der Waals surface area contributed by atoms with Gasteiger partial charge in [0.1, 0.15) is 0 Å². The second-order valence-electron chi connectivity index (χ2n) is 3.30. The number of hydrogen-bond acceptors (Lipinski definition) is 0. The summed E-state index contributed by atoms with van der Waals surface area (Å²) in [6, 6.07) is 0. The van der Waals surface area contributed by atoms with Gasteiger partial charge in [0.2, 0.25) is 0 Å². The molecule has 3 radical (unpaired) electrons. The molecule has 0 spiro atoms. The molecule has 1 aliphatic rings. The fourth-order valence-electron chi connectivity index (χ4n) is 1.85. The van der Waals surface area contributed by atoms with Gasteiger partial charge >= 0.3 is 0 Å². The molecule has 1 saturated heterocycles. The zero-order valence-electron chi connectivity index (χ0n) is 6.30. The summed E-state index contributed by atoms with van der Waals surface area (Å²) >= 11 is 0. The minimum Gasteiger partial charge on any atom is -0.0730 e. The van der Waals surface area contributed by atoms with Crippen molar-refractivity contribution in [1.82, 2.24) is 0 Å². The fraction of sp³-hybridized carbons (Fsp3) is 1.00. The van der Waals surface area contributed by atoms with Gasteiger partial charge in [-0.15, -0.1) is 0 Å². The molecule has 1 aliphatic heterocycles. The minimum atomic E-state index is 0.685. The van der Waals surface area contributed by atoms with Crippen molar-refractivity contribution in [3.63, 3.8) is 0 Å². The zero-order valence-corrected chi connectivity index (χ0v) is 6.30. The third-order valence-corrected chi connectivity index (χ3v) is 2.61. The van der Waals surface area contributed by atoms with Crippen LogP contribution in [0.5, 0.6) is 0 Å². The Bertz CT molecular complexity index is 84.3. The van der Waals surface area contributed by atoms with Crippen LogP contribution in [0.15, 0.2) is 0 Å². The first kappa shape index (κ1) is 7.30. The highest BCUT2D eigenvalue weighted by atomic mass is 14.1. The van der Waals surface area contributed by atoms with Crippen LogP contribution in [0.25, 0.3) is 0 Å². The normalized spacial score (nSPS) is 35.1. The Morgan fingerprint density at radius 2 is 1.78 bits per heavy atom. The molecule has 0 amide bonds. The van der Waals surface area contributed by atoms with E-state index in [4.69, 9.17) is 7.74 Å². The summed E-state index contributed by atoms with van der Waals surface area (Å²) in [5.74, 6) is 1.65. The van der Waals surface area contributed by atoms with Crippen LogP contribution in [-0.4, -0.2) is 21.4 Å². The third kappa shape index (κ3) is 1.36. The summed E-state index contributed by atoms with van der Waals surface area (Å²) in [6.45, 7) is 5.26. The van der Waals surface area contributed by atoms with Crippen LogP contribution in [0.1, 0.15) is 26.7 Å². The van der Waals surface area contributed by atoms with Crippen LogP contribution in [-0.2, 0) is 0 Å². The fourth-order valence-corrected chi connectivity index (χ4v) is 1.85. The van der Waals surface area contributed by atoms with Gasteiger partial charge in [0, 0.05) is 14.8 Å². The summed E-state index contributed by atoms with van der Waals surface area (Å²) in [4.78, 5) is 0. The monoisotopic (exact) mass is 117 g/mol. The van der Waals surface area contributed by atoms with Crippen LogP contribution in [0, 0.1) is 0 Å². The second-order valence-corrected chi connectivity index (χ2v) is 3.30. The van der Waals surface area contributed by atoms with Crippen molar-refractivity contribution in [3.8, 4) is 0 Å². The van der Waals surface area contributed by atoms with Gasteiger partial charge in [-0.1, -0.05) is 38.3 Å². The average Bonchev–Trinajstić information content (AvgIpc) is 2.12. The van der Waals surface area contributed by atoms with Gasteiger partial charge in [0.25, 0.3) is 0 Å². The van der Waals surface area contributed by atoms with Crippen LogP contribution >= 0.6 is 0 Å². The van der Waals surface area contributed by atoms with Crippen LogP contribution in [0.4, 0.5) is 0 Å². The van der Waals surface area contributed by atoms with Crippen LogP contribution in [0.3, 0.4) is 0 Å². The Morgan fingerprint density at radius 1 is 1.33 bits per heavy atom. The molecule has 45 valence electrons. The lowest BCUT2D eigenvalue weighted by Crippen LogP contribution is -2.26. The molecule has 2 atom stereocenters. The van der Waals surface area contributed by atoms with E-state index in [0.29, 0.717) is 6.60 Å². The topological polar surface area (TPSA) is 0 Å². The molecule has 0 bridgehead atoms. The molecule has 0 aromatic heterocycles. The number of hydrogen-bond donors (Lipinski definition) is 0. The lowest BCUT2D eigenvalue weighted by Gasteiger charge is -2.12. The van der Waals surface area contributed by atoms with Gasteiger partial charge in [-0.05, 0) is 0 Å².